The van der Waals surface area contributed by atoms with Gasteiger partial charge in [0.15, 0.2) is 0 Å². The summed E-state index contributed by atoms with van der Waals surface area (Å²) in [5, 5.41) is 7.51. The summed E-state index contributed by atoms with van der Waals surface area (Å²) in [6.45, 7) is 2.98. The number of carbonyl (C=O) groups excluding carboxylic acids is 1. The number of aromatic nitrogens is 3. The largest absolute Gasteiger partial charge is 0.355 e. The zero-order valence-corrected chi connectivity index (χ0v) is 14.7. The lowest BCUT2D eigenvalue weighted by Gasteiger charge is -2.07. The van der Waals surface area contributed by atoms with E-state index in [1.807, 2.05) is 30.5 Å². The van der Waals surface area contributed by atoms with E-state index in [0.29, 0.717) is 29.0 Å². The van der Waals surface area contributed by atoms with Gasteiger partial charge < -0.3 is 14.4 Å². The molecule has 0 aliphatic heterocycles. The minimum atomic E-state index is -0.0412. The van der Waals surface area contributed by atoms with Gasteiger partial charge in [-0.3, -0.25) is 4.79 Å². The predicted octanol–water partition coefficient (Wildman–Crippen LogP) is 3.77. The van der Waals surface area contributed by atoms with E-state index in [4.69, 9.17) is 16.1 Å². The van der Waals surface area contributed by atoms with Crippen LogP contribution in [0.25, 0.3) is 23.0 Å². The molecule has 0 unspecified atom stereocenters. The van der Waals surface area contributed by atoms with Gasteiger partial charge in [0.25, 0.3) is 5.89 Å². The monoisotopic (exact) mass is 358 g/mol. The van der Waals surface area contributed by atoms with Gasteiger partial charge in [0.05, 0.1) is 0 Å². The van der Waals surface area contributed by atoms with Crippen molar-refractivity contribution in [1.29, 1.82) is 0 Å². The number of carbonyl (C=O) groups is 1. The van der Waals surface area contributed by atoms with Crippen molar-refractivity contribution in [1.82, 2.24) is 20.0 Å². The fourth-order valence-corrected chi connectivity index (χ4v) is 2.62. The zero-order chi connectivity index (χ0) is 17.6. The van der Waals surface area contributed by atoms with Crippen LogP contribution in [-0.2, 0) is 11.3 Å². The van der Waals surface area contributed by atoms with Crippen LogP contribution < -0.4 is 5.32 Å². The number of nitrogens with one attached hydrogen (secondary N) is 1. The molecule has 7 heteroatoms. The average Bonchev–Trinajstić information content (AvgIpc) is 3.24. The van der Waals surface area contributed by atoms with E-state index in [2.05, 4.69) is 22.4 Å². The van der Waals surface area contributed by atoms with Gasteiger partial charge in [-0.1, -0.05) is 42.2 Å². The SMILES string of the molecule is CCCCNC(=O)Cn1cccc1-c1nc(-c2cccc(Cl)c2)no1. The first-order valence-electron chi connectivity index (χ1n) is 8.19. The molecule has 0 aliphatic rings. The number of halogens is 1. The molecule has 0 saturated carbocycles. The molecule has 3 aromatic rings. The van der Waals surface area contributed by atoms with Gasteiger partial charge in [0.2, 0.25) is 11.7 Å². The van der Waals surface area contributed by atoms with Crippen molar-refractivity contribution in [3.05, 3.63) is 47.6 Å². The first kappa shape index (κ1) is 17.2. The maximum absolute atomic E-state index is 12.0. The summed E-state index contributed by atoms with van der Waals surface area (Å²) in [5.41, 5.74) is 1.48. The first-order valence-corrected chi connectivity index (χ1v) is 8.57. The van der Waals surface area contributed by atoms with Crippen LogP contribution >= 0.6 is 11.6 Å². The predicted molar refractivity (Wildman–Crippen MR) is 96.1 cm³/mol. The molecule has 130 valence electrons. The molecule has 0 saturated heterocycles. The summed E-state index contributed by atoms with van der Waals surface area (Å²) < 4.78 is 7.16. The molecule has 0 fully saturated rings. The molecule has 6 nitrogen and oxygen atoms in total. The number of hydrogen-bond acceptors (Lipinski definition) is 4. The minimum Gasteiger partial charge on any atom is -0.355 e. The Balaban J connectivity index is 1.75. The quantitative estimate of drug-likeness (QED) is 0.652. The molecule has 1 aromatic carbocycles. The molecule has 0 bridgehead atoms. The second-order valence-electron chi connectivity index (χ2n) is 5.66. The van der Waals surface area contributed by atoms with Gasteiger partial charge in [-0.25, -0.2) is 0 Å². The Morgan fingerprint density at radius 3 is 3.00 bits per heavy atom. The lowest BCUT2D eigenvalue weighted by atomic mass is 10.2. The Bertz CT molecular complexity index is 856. The lowest BCUT2D eigenvalue weighted by molar-refractivity contribution is -0.121. The molecule has 0 atom stereocenters. The summed E-state index contributed by atoms with van der Waals surface area (Å²) in [6.07, 6.45) is 3.83. The van der Waals surface area contributed by atoms with E-state index < -0.39 is 0 Å². The van der Waals surface area contributed by atoms with Gasteiger partial charge >= 0.3 is 0 Å². The van der Waals surface area contributed by atoms with E-state index in [9.17, 15) is 4.79 Å². The molecule has 2 aromatic heterocycles. The van der Waals surface area contributed by atoms with Crippen LogP contribution in [0.4, 0.5) is 0 Å². The number of amides is 1. The van der Waals surface area contributed by atoms with Crippen LogP contribution in [0.1, 0.15) is 19.8 Å². The first-order chi connectivity index (χ1) is 12.2. The van der Waals surface area contributed by atoms with Crippen molar-refractivity contribution in [3.8, 4) is 23.0 Å². The second-order valence-corrected chi connectivity index (χ2v) is 6.09. The second kappa shape index (κ2) is 7.98. The number of unbranched alkanes of at least 4 members (excludes halogenated alkanes) is 1. The van der Waals surface area contributed by atoms with Gasteiger partial charge in [0.1, 0.15) is 12.2 Å². The van der Waals surface area contributed by atoms with E-state index in [1.165, 1.54) is 0 Å². The summed E-state index contributed by atoms with van der Waals surface area (Å²) in [6, 6.07) is 10.9. The highest BCUT2D eigenvalue weighted by Gasteiger charge is 2.15. The highest BCUT2D eigenvalue weighted by atomic mass is 35.5. The van der Waals surface area contributed by atoms with Crippen molar-refractivity contribution in [2.24, 2.45) is 0 Å². The molecule has 1 amide bonds. The summed E-state index contributed by atoms with van der Waals surface area (Å²) >= 11 is 6.00. The fourth-order valence-electron chi connectivity index (χ4n) is 2.43. The third-order valence-electron chi connectivity index (χ3n) is 3.72. The summed E-state index contributed by atoms with van der Waals surface area (Å²) in [7, 11) is 0. The van der Waals surface area contributed by atoms with Gasteiger partial charge in [0, 0.05) is 23.3 Å². The highest BCUT2D eigenvalue weighted by Crippen LogP contribution is 2.24. The Kier molecular flexibility index (Phi) is 5.50. The standard InChI is InChI=1S/C18H19ClN4O2/c1-2-3-9-20-16(24)12-23-10-5-8-15(23)18-21-17(22-25-18)13-6-4-7-14(19)11-13/h4-8,10-11H,2-3,9,12H2,1H3,(H,20,24). The molecule has 25 heavy (non-hydrogen) atoms. The number of nitrogens with zero attached hydrogens (tertiary/aromatic N) is 3. The van der Waals surface area contributed by atoms with Crippen molar-refractivity contribution in [2.45, 2.75) is 26.3 Å². The van der Waals surface area contributed by atoms with Gasteiger partial charge in [-0.2, -0.15) is 4.98 Å². The van der Waals surface area contributed by atoms with E-state index >= 15 is 0 Å². The molecule has 1 N–H and O–H groups in total. The van der Waals surface area contributed by atoms with Crippen LogP contribution in [0.3, 0.4) is 0 Å². The van der Waals surface area contributed by atoms with Crippen molar-refractivity contribution in [2.75, 3.05) is 6.54 Å². The Morgan fingerprint density at radius 1 is 1.32 bits per heavy atom. The van der Waals surface area contributed by atoms with Crippen LogP contribution in [0.2, 0.25) is 5.02 Å². The molecule has 3 rings (SSSR count). The third-order valence-corrected chi connectivity index (χ3v) is 3.96. The van der Waals surface area contributed by atoms with E-state index in [-0.39, 0.29) is 12.5 Å². The van der Waals surface area contributed by atoms with Crippen molar-refractivity contribution >= 4 is 17.5 Å². The van der Waals surface area contributed by atoms with Crippen molar-refractivity contribution in [3.63, 3.8) is 0 Å². The Morgan fingerprint density at radius 2 is 2.20 bits per heavy atom. The van der Waals surface area contributed by atoms with E-state index in [1.54, 1.807) is 16.7 Å². The number of benzene rings is 1. The summed E-state index contributed by atoms with van der Waals surface area (Å²) in [4.78, 5) is 16.4. The maximum Gasteiger partial charge on any atom is 0.274 e. The molecular weight excluding hydrogens is 340 g/mol. The molecule has 0 spiro atoms. The Hall–Kier alpha value is -2.60. The lowest BCUT2D eigenvalue weighted by Crippen LogP contribution is -2.28. The minimum absolute atomic E-state index is 0.0412. The van der Waals surface area contributed by atoms with Gasteiger partial charge in [-0.15, -0.1) is 0 Å². The number of hydrogen-bond donors (Lipinski definition) is 1. The van der Waals surface area contributed by atoms with Crippen LogP contribution in [-0.4, -0.2) is 27.2 Å². The number of rotatable bonds is 7. The Labute approximate surface area is 150 Å². The normalized spacial score (nSPS) is 10.8. The highest BCUT2D eigenvalue weighted by molar-refractivity contribution is 6.30. The van der Waals surface area contributed by atoms with Crippen molar-refractivity contribution < 1.29 is 9.32 Å². The van der Waals surface area contributed by atoms with Crippen LogP contribution in [0.5, 0.6) is 0 Å². The third kappa shape index (κ3) is 4.28. The maximum atomic E-state index is 12.0. The van der Waals surface area contributed by atoms with Crippen LogP contribution in [0.15, 0.2) is 47.1 Å². The fraction of sp³-hybridized carbons (Fsp3) is 0.278. The average molecular weight is 359 g/mol. The smallest absolute Gasteiger partial charge is 0.274 e. The van der Waals surface area contributed by atoms with Crippen LogP contribution in [0, 0.1) is 0 Å². The molecule has 0 radical (unpaired) electrons. The zero-order valence-electron chi connectivity index (χ0n) is 13.9. The topological polar surface area (TPSA) is 73.0 Å². The van der Waals surface area contributed by atoms with E-state index in [0.717, 1.165) is 18.4 Å². The molecule has 2 heterocycles. The molecule has 0 aliphatic carbocycles. The summed E-state index contributed by atoms with van der Waals surface area (Å²) in [5.74, 6) is 0.777. The van der Waals surface area contributed by atoms with Gasteiger partial charge in [-0.05, 0) is 30.7 Å². The molecular formula is C18H19ClN4O2.